The van der Waals surface area contributed by atoms with Crippen molar-refractivity contribution in [3.63, 3.8) is 0 Å². The van der Waals surface area contributed by atoms with Crippen LogP contribution in [0.1, 0.15) is 19.8 Å². The highest BCUT2D eigenvalue weighted by Gasteiger charge is 2.29. The minimum atomic E-state index is -3.51. The lowest BCUT2D eigenvalue weighted by Crippen LogP contribution is -2.48. The SMILES string of the molecule is CCCCOc1ccc(S(=O)(=O)N2CCN(c3ccccc3OC)CC2)cc1. The van der Waals surface area contributed by atoms with Crippen molar-refractivity contribution in [1.29, 1.82) is 0 Å². The van der Waals surface area contributed by atoms with E-state index in [2.05, 4.69) is 11.8 Å². The van der Waals surface area contributed by atoms with Crippen LogP contribution < -0.4 is 14.4 Å². The first kappa shape index (κ1) is 20.5. The Morgan fingerprint density at radius 3 is 2.29 bits per heavy atom. The molecule has 0 aliphatic carbocycles. The Morgan fingerprint density at radius 1 is 0.964 bits per heavy atom. The van der Waals surface area contributed by atoms with E-state index < -0.39 is 10.0 Å². The van der Waals surface area contributed by atoms with Gasteiger partial charge in [-0.1, -0.05) is 25.5 Å². The van der Waals surface area contributed by atoms with Gasteiger partial charge >= 0.3 is 0 Å². The summed E-state index contributed by atoms with van der Waals surface area (Å²) in [5.41, 5.74) is 0.996. The van der Waals surface area contributed by atoms with Gasteiger partial charge in [-0.25, -0.2) is 8.42 Å². The van der Waals surface area contributed by atoms with Gasteiger partial charge in [0.1, 0.15) is 11.5 Å². The molecule has 0 amide bonds. The monoisotopic (exact) mass is 404 g/mol. The molecule has 28 heavy (non-hydrogen) atoms. The number of benzene rings is 2. The number of ether oxygens (including phenoxy) is 2. The number of rotatable bonds is 8. The van der Waals surface area contributed by atoms with E-state index in [-0.39, 0.29) is 0 Å². The quantitative estimate of drug-likeness (QED) is 0.631. The third kappa shape index (κ3) is 4.59. The van der Waals surface area contributed by atoms with Crippen LogP contribution >= 0.6 is 0 Å². The fourth-order valence-corrected chi connectivity index (χ4v) is 4.67. The Bertz CT molecular complexity index is 860. The Kier molecular flexibility index (Phi) is 6.80. The molecule has 1 saturated heterocycles. The number of unbranched alkanes of at least 4 members (excludes halogenated alkanes) is 1. The van der Waals surface area contributed by atoms with Crippen molar-refractivity contribution in [2.75, 3.05) is 44.8 Å². The van der Waals surface area contributed by atoms with E-state index in [1.54, 1.807) is 35.7 Å². The summed E-state index contributed by atoms with van der Waals surface area (Å²) in [5, 5.41) is 0. The molecular formula is C21H28N2O4S. The molecule has 0 aromatic heterocycles. The van der Waals surface area contributed by atoms with Crippen molar-refractivity contribution in [3.05, 3.63) is 48.5 Å². The second kappa shape index (κ2) is 9.30. The zero-order valence-electron chi connectivity index (χ0n) is 16.5. The molecule has 152 valence electrons. The second-order valence-corrected chi connectivity index (χ2v) is 8.67. The molecule has 2 aromatic carbocycles. The summed E-state index contributed by atoms with van der Waals surface area (Å²) in [7, 11) is -1.86. The molecule has 7 heteroatoms. The largest absolute Gasteiger partial charge is 0.495 e. The molecule has 2 aromatic rings. The molecule has 1 aliphatic heterocycles. The van der Waals surface area contributed by atoms with Gasteiger partial charge in [0.05, 0.1) is 24.3 Å². The average Bonchev–Trinajstić information content (AvgIpc) is 2.74. The summed E-state index contributed by atoms with van der Waals surface area (Å²) >= 11 is 0. The van der Waals surface area contributed by atoms with Crippen LogP contribution in [0.25, 0.3) is 0 Å². The highest BCUT2D eigenvalue weighted by Crippen LogP contribution is 2.29. The number of piperazine rings is 1. The third-order valence-electron chi connectivity index (χ3n) is 4.89. The fourth-order valence-electron chi connectivity index (χ4n) is 3.25. The van der Waals surface area contributed by atoms with Crippen molar-refractivity contribution in [3.8, 4) is 11.5 Å². The van der Waals surface area contributed by atoms with E-state index >= 15 is 0 Å². The molecule has 1 fully saturated rings. The summed E-state index contributed by atoms with van der Waals surface area (Å²) in [6, 6.07) is 14.5. The summed E-state index contributed by atoms with van der Waals surface area (Å²) in [6.07, 6.45) is 2.05. The van der Waals surface area contributed by atoms with Gasteiger partial charge in [-0.2, -0.15) is 4.31 Å². The summed E-state index contributed by atoms with van der Waals surface area (Å²) in [4.78, 5) is 2.47. The smallest absolute Gasteiger partial charge is 0.243 e. The number of sulfonamides is 1. The highest BCUT2D eigenvalue weighted by molar-refractivity contribution is 7.89. The van der Waals surface area contributed by atoms with Crippen LogP contribution in [0, 0.1) is 0 Å². The predicted octanol–water partition coefficient (Wildman–Crippen LogP) is 3.39. The lowest BCUT2D eigenvalue weighted by atomic mass is 10.2. The zero-order valence-corrected chi connectivity index (χ0v) is 17.3. The standard InChI is InChI=1S/C21H28N2O4S/c1-3-4-17-27-18-9-11-19(12-10-18)28(24,25)23-15-13-22(14-16-23)20-7-5-6-8-21(20)26-2/h5-12H,3-4,13-17H2,1-2H3. The van der Waals surface area contributed by atoms with Crippen LogP contribution in [-0.2, 0) is 10.0 Å². The minimum absolute atomic E-state index is 0.307. The summed E-state index contributed by atoms with van der Waals surface area (Å²) in [5.74, 6) is 1.51. The van der Waals surface area contributed by atoms with Crippen molar-refractivity contribution < 1.29 is 17.9 Å². The predicted molar refractivity (Wildman–Crippen MR) is 111 cm³/mol. The van der Waals surface area contributed by atoms with Gasteiger partial charge in [-0.05, 0) is 42.8 Å². The van der Waals surface area contributed by atoms with Gasteiger partial charge in [-0.15, -0.1) is 0 Å². The van der Waals surface area contributed by atoms with Gasteiger partial charge in [0.25, 0.3) is 0 Å². The van der Waals surface area contributed by atoms with Crippen LogP contribution in [0.5, 0.6) is 11.5 Å². The molecule has 0 N–H and O–H groups in total. The average molecular weight is 405 g/mol. The molecule has 1 heterocycles. The molecule has 0 bridgehead atoms. The zero-order chi connectivity index (χ0) is 20.0. The van der Waals surface area contributed by atoms with E-state index in [9.17, 15) is 8.42 Å². The number of hydrogen-bond acceptors (Lipinski definition) is 5. The molecule has 0 saturated carbocycles. The third-order valence-corrected chi connectivity index (χ3v) is 6.81. The minimum Gasteiger partial charge on any atom is -0.495 e. The molecule has 0 spiro atoms. The molecule has 0 unspecified atom stereocenters. The first-order valence-corrected chi connectivity index (χ1v) is 11.1. The summed E-state index contributed by atoms with van der Waals surface area (Å²) in [6.45, 7) is 4.88. The van der Waals surface area contributed by atoms with E-state index in [1.807, 2.05) is 24.3 Å². The first-order valence-electron chi connectivity index (χ1n) is 9.67. The Balaban J connectivity index is 1.64. The van der Waals surface area contributed by atoms with Crippen LogP contribution in [0.2, 0.25) is 0 Å². The number of hydrogen-bond donors (Lipinski definition) is 0. The molecule has 1 aliphatic rings. The normalized spacial score (nSPS) is 15.4. The van der Waals surface area contributed by atoms with E-state index in [0.29, 0.717) is 43.4 Å². The maximum Gasteiger partial charge on any atom is 0.243 e. The van der Waals surface area contributed by atoms with Crippen molar-refractivity contribution in [2.45, 2.75) is 24.7 Å². The maximum absolute atomic E-state index is 13.0. The van der Waals surface area contributed by atoms with Crippen LogP contribution in [0.4, 0.5) is 5.69 Å². The number of para-hydroxylation sites is 2. The summed E-state index contributed by atoms with van der Waals surface area (Å²) < 4.78 is 38.5. The molecule has 0 radical (unpaired) electrons. The van der Waals surface area contributed by atoms with E-state index in [0.717, 1.165) is 24.3 Å². The number of methoxy groups -OCH3 is 1. The van der Waals surface area contributed by atoms with Gasteiger partial charge in [0.2, 0.25) is 10.0 Å². The Morgan fingerprint density at radius 2 is 1.64 bits per heavy atom. The number of anilines is 1. The van der Waals surface area contributed by atoms with E-state index in [1.165, 1.54) is 0 Å². The first-order chi connectivity index (χ1) is 13.6. The van der Waals surface area contributed by atoms with Crippen molar-refractivity contribution >= 4 is 15.7 Å². The van der Waals surface area contributed by atoms with Crippen LogP contribution in [-0.4, -0.2) is 52.6 Å². The second-order valence-electron chi connectivity index (χ2n) is 6.74. The lowest BCUT2D eigenvalue weighted by Gasteiger charge is -2.35. The van der Waals surface area contributed by atoms with Gasteiger partial charge < -0.3 is 14.4 Å². The molecular weight excluding hydrogens is 376 g/mol. The fraction of sp³-hybridized carbons (Fsp3) is 0.429. The van der Waals surface area contributed by atoms with Crippen LogP contribution in [0.3, 0.4) is 0 Å². The molecule has 3 rings (SSSR count). The Hall–Kier alpha value is -2.25. The number of nitrogens with zero attached hydrogens (tertiary/aromatic N) is 2. The lowest BCUT2D eigenvalue weighted by molar-refractivity contribution is 0.309. The van der Waals surface area contributed by atoms with Gasteiger partial charge in [0, 0.05) is 26.2 Å². The van der Waals surface area contributed by atoms with Gasteiger partial charge in [0.15, 0.2) is 0 Å². The van der Waals surface area contributed by atoms with Crippen molar-refractivity contribution in [2.24, 2.45) is 0 Å². The van der Waals surface area contributed by atoms with Crippen molar-refractivity contribution in [1.82, 2.24) is 4.31 Å². The van der Waals surface area contributed by atoms with Gasteiger partial charge in [-0.3, -0.25) is 0 Å². The van der Waals surface area contributed by atoms with E-state index in [4.69, 9.17) is 9.47 Å². The molecule has 6 nitrogen and oxygen atoms in total. The topological polar surface area (TPSA) is 59.1 Å². The highest BCUT2D eigenvalue weighted by atomic mass is 32.2. The van der Waals surface area contributed by atoms with Crippen LogP contribution in [0.15, 0.2) is 53.4 Å². The maximum atomic E-state index is 13.0. The Labute approximate surface area is 167 Å². The molecule has 0 atom stereocenters.